The second-order valence-corrected chi connectivity index (χ2v) is 1.35. The summed E-state index contributed by atoms with van der Waals surface area (Å²) >= 11 is 0. The van der Waals surface area contributed by atoms with Gasteiger partial charge in [0, 0.05) is 12.5 Å². The van der Waals surface area contributed by atoms with Crippen LogP contribution < -0.4 is 0 Å². The molecule has 9 heavy (non-hydrogen) atoms. The zero-order chi connectivity index (χ0) is 6.95. The first-order valence-corrected chi connectivity index (χ1v) is 2.69. The van der Waals surface area contributed by atoms with Gasteiger partial charge in [0.25, 0.3) is 0 Å². The van der Waals surface area contributed by atoms with Crippen molar-refractivity contribution in [3.8, 4) is 11.8 Å². The van der Waals surface area contributed by atoms with Gasteiger partial charge in [-0.1, -0.05) is 17.9 Å². The fourth-order valence-electron chi connectivity index (χ4n) is 0.292. The van der Waals surface area contributed by atoms with E-state index in [0.29, 0.717) is 0 Å². The van der Waals surface area contributed by atoms with Crippen LogP contribution in [0.5, 0.6) is 0 Å². The van der Waals surface area contributed by atoms with Gasteiger partial charge >= 0.3 is 0 Å². The Labute approximate surface area is 56.0 Å². The molecule has 1 nitrogen and oxygen atoms in total. The van der Waals surface area contributed by atoms with Crippen molar-refractivity contribution in [2.45, 2.75) is 6.42 Å². The van der Waals surface area contributed by atoms with Crippen LogP contribution in [-0.4, -0.2) is 7.11 Å². The van der Waals surface area contributed by atoms with Crippen molar-refractivity contribution >= 4 is 0 Å². The summed E-state index contributed by atoms with van der Waals surface area (Å²) in [7, 11) is 1.59. The van der Waals surface area contributed by atoms with E-state index < -0.39 is 0 Å². The molecule has 0 aromatic rings. The van der Waals surface area contributed by atoms with Crippen molar-refractivity contribution in [2.75, 3.05) is 7.11 Å². The fourth-order valence-corrected chi connectivity index (χ4v) is 0.292. The fraction of sp³-hybridized carbons (Fsp3) is 0.250. The summed E-state index contributed by atoms with van der Waals surface area (Å²) in [5, 5.41) is 0. The molecule has 0 N–H and O–H groups in total. The number of rotatable bonds is 2. The zero-order valence-electron chi connectivity index (χ0n) is 5.55. The minimum absolute atomic E-state index is 0.730. The van der Waals surface area contributed by atoms with Gasteiger partial charge < -0.3 is 4.74 Å². The highest BCUT2D eigenvalue weighted by Gasteiger charge is 1.61. The molecule has 0 atom stereocenters. The van der Waals surface area contributed by atoms with Crippen LogP contribution >= 0.6 is 0 Å². The Hall–Kier alpha value is -1.16. The highest BCUT2D eigenvalue weighted by molar-refractivity contribution is 5.15. The van der Waals surface area contributed by atoms with Crippen molar-refractivity contribution in [3.05, 3.63) is 25.0 Å². The van der Waals surface area contributed by atoms with E-state index in [1.807, 2.05) is 0 Å². The molecule has 0 saturated carbocycles. The van der Waals surface area contributed by atoms with Crippen molar-refractivity contribution in [1.82, 2.24) is 0 Å². The van der Waals surface area contributed by atoms with Crippen LogP contribution in [-0.2, 0) is 4.74 Å². The SMILES string of the molecule is C=CCC#C/C=C\OC. The van der Waals surface area contributed by atoms with E-state index in [1.165, 1.54) is 6.26 Å². The lowest BCUT2D eigenvalue weighted by Gasteiger charge is -1.77. The van der Waals surface area contributed by atoms with E-state index in [4.69, 9.17) is 0 Å². The average Bonchev–Trinajstić information content (AvgIpc) is 1.89. The van der Waals surface area contributed by atoms with Crippen LogP contribution in [0.15, 0.2) is 25.0 Å². The quantitative estimate of drug-likeness (QED) is 0.308. The topological polar surface area (TPSA) is 9.23 Å². The smallest absolute Gasteiger partial charge is 0.0908 e. The summed E-state index contributed by atoms with van der Waals surface area (Å²) in [5.74, 6) is 5.60. The van der Waals surface area contributed by atoms with Crippen molar-refractivity contribution < 1.29 is 4.74 Å². The minimum atomic E-state index is 0.730. The molecule has 0 spiro atoms. The zero-order valence-corrected chi connectivity index (χ0v) is 5.55. The maximum absolute atomic E-state index is 4.61. The monoisotopic (exact) mass is 122 g/mol. The van der Waals surface area contributed by atoms with Gasteiger partial charge in [-0.3, -0.25) is 0 Å². The van der Waals surface area contributed by atoms with Gasteiger partial charge in [0.1, 0.15) is 0 Å². The molecule has 0 aliphatic rings. The molecule has 0 aromatic heterocycles. The highest BCUT2D eigenvalue weighted by atomic mass is 16.5. The molecule has 0 aliphatic carbocycles. The summed E-state index contributed by atoms with van der Waals surface area (Å²) < 4.78 is 4.61. The van der Waals surface area contributed by atoms with Crippen LogP contribution in [0.25, 0.3) is 0 Å². The van der Waals surface area contributed by atoms with Gasteiger partial charge in [-0.2, -0.15) is 0 Å². The third kappa shape index (κ3) is 6.84. The van der Waals surface area contributed by atoms with Gasteiger partial charge in [-0.15, -0.1) is 6.58 Å². The minimum Gasteiger partial charge on any atom is -0.504 e. The number of methoxy groups -OCH3 is 1. The van der Waals surface area contributed by atoms with Crippen LogP contribution in [0.2, 0.25) is 0 Å². The van der Waals surface area contributed by atoms with Gasteiger partial charge in [0.2, 0.25) is 0 Å². The molecule has 0 aromatic carbocycles. The Morgan fingerprint density at radius 2 is 2.44 bits per heavy atom. The van der Waals surface area contributed by atoms with Crippen molar-refractivity contribution in [2.24, 2.45) is 0 Å². The largest absolute Gasteiger partial charge is 0.504 e. The standard InChI is InChI=1S/C8H10O/c1-3-4-5-6-7-8-9-2/h3,7-8H,1,4H2,2H3/b8-7-. The van der Waals surface area contributed by atoms with Gasteiger partial charge in [0.15, 0.2) is 0 Å². The summed E-state index contributed by atoms with van der Waals surface area (Å²) in [6.07, 6.45) is 5.68. The molecule has 0 heterocycles. The van der Waals surface area contributed by atoms with E-state index in [0.717, 1.165) is 6.42 Å². The first-order chi connectivity index (χ1) is 4.41. The first-order valence-electron chi connectivity index (χ1n) is 2.69. The molecule has 48 valence electrons. The average molecular weight is 122 g/mol. The Kier molecular flexibility index (Phi) is 5.96. The predicted molar refractivity (Wildman–Crippen MR) is 38.7 cm³/mol. The molecular weight excluding hydrogens is 112 g/mol. The van der Waals surface area contributed by atoms with E-state index in [-0.39, 0.29) is 0 Å². The Morgan fingerprint density at radius 3 is 3.00 bits per heavy atom. The van der Waals surface area contributed by atoms with E-state index in [2.05, 4.69) is 23.2 Å². The molecule has 0 radical (unpaired) electrons. The van der Waals surface area contributed by atoms with E-state index in [1.54, 1.807) is 19.3 Å². The molecule has 0 fully saturated rings. The summed E-state index contributed by atoms with van der Waals surface area (Å²) in [6.45, 7) is 3.52. The van der Waals surface area contributed by atoms with Crippen molar-refractivity contribution in [3.63, 3.8) is 0 Å². The van der Waals surface area contributed by atoms with Crippen molar-refractivity contribution in [1.29, 1.82) is 0 Å². The van der Waals surface area contributed by atoms with Gasteiger partial charge in [-0.25, -0.2) is 0 Å². The molecule has 0 amide bonds. The molecule has 1 heteroatoms. The number of ether oxygens (including phenoxy) is 1. The lowest BCUT2D eigenvalue weighted by Crippen LogP contribution is -1.61. The summed E-state index contributed by atoms with van der Waals surface area (Å²) in [6, 6.07) is 0. The first kappa shape index (κ1) is 7.84. The van der Waals surface area contributed by atoms with Crippen LogP contribution in [0, 0.1) is 11.8 Å². The second kappa shape index (κ2) is 6.84. The normalized spacial score (nSPS) is 8.11. The summed E-state index contributed by atoms with van der Waals surface area (Å²) in [4.78, 5) is 0. The van der Waals surface area contributed by atoms with Gasteiger partial charge in [-0.05, 0) is 0 Å². The Morgan fingerprint density at radius 1 is 1.67 bits per heavy atom. The molecule has 0 bridgehead atoms. The molecule has 0 unspecified atom stereocenters. The van der Waals surface area contributed by atoms with E-state index in [9.17, 15) is 0 Å². The molecule has 0 saturated heterocycles. The molecular formula is C8H10O. The third-order valence-electron chi connectivity index (χ3n) is 0.636. The van der Waals surface area contributed by atoms with E-state index >= 15 is 0 Å². The Bertz CT molecular complexity index is 146. The lowest BCUT2D eigenvalue weighted by molar-refractivity contribution is 0.338. The third-order valence-corrected chi connectivity index (χ3v) is 0.636. The van der Waals surface area contributed by atoms with Crippen LogP contribution in [0.4, 0.5) is 0 Å². The maximum atomic E-state index is 4.61. The second-order valence-electron chi connectivity index (χ2n) is 1.35. The lowest BCUT2D eigenvalue weighted by atomic mass is 10.4. The van der Waals surface area contributed by atoms with Crippen LogP contribution in [0.1, 0.15) is 6.42 Å². The molecule has 0 rings (SSSR count). The van der Waals surface area contributed by atoms with Gasteiger partial charge in [0.05, 0.1) is 13.4 Å². The Balaban J connectivity index is 3.36. The number of hydrogen-bond donors (Lipinski definition) is 0. The van der Waals surface area contributed by atoms with Crippen LogP contribution in [0.3, 0.4) is 0 Å². The number of hydrogen-bond acceptors (Lipinski definition) is 1. The molecule has 0 aliphatic heterocycles. The summed E-state index contributed by atoms with van der Waals surface area (Å²) in [5.41, 5.74) is 0. The maximum Gasteiger partial charge on any atom is 0.0908 e. The highest BCUT2D eigenvalue weighted by Crippen LogP contribution is 1.74. The number of allylic oxidation sites excluding steroid dienone is 2. The predicted octanol–water partition coefficient (Wildman–Crippen LogP) is 1.73.